The molecule has 0 amide bonds. The van der Waals surface area contributed by atoms with Gasteiger partial charge in [-0.1, -0.05) is 29.3 Å². The van der Waals surface area contributed by atoms with Crippen LogP contribution in [0.5, 0.6) is 0 Å². The summed E-state index contributed by atoms with van der Waals surface area (Å²) in [6, 6.07) is 5.54. The molecule has 0 atom stereocenters. The smallest absolute Gasteiger partial charge is 0.101 e. The van der Waals surface area contributed by atoms with E-state index in [0.717, 1.165) is 30.9 Å². The Balaban J connectivity index is 2.16. The van der Waals surface area contributed by atoms with E-state index in [9.17, 15) is 0 Å². The normalized spacial score (nSPS) is 15.1. The minimum Gasteiger partial charge on any atom is -0.372 e. The molecule has 1 aliphatic heterocycles. The first-order valence-electron chi connectivity index (χ1n) is 4.47. The highest BCUT2D eigenvalue weighted by Crippen LogP contribution is 2.21. The van der Waals surface area contributed by atoms with E-state index in [1.807, 2.05) is 12.1 Å². The maximum absolute atomic E-state index is 6.04. The zero-order valence-corrected chi connectivity index (χ0v) is 9.07. The molecule has 1 N–H and O–H groups in total. The van der Waals surface area contributed by atoms with Crippen LogP contribution in [0.15, 0.2) is 23.2 Å². The maximum Gasteiger partial charge on any atom is 0.101 e. The number of aliphatic imine (C=N–C) groups is 1. The second-order valence-corrected chi connectivity index (χ2v) is 4.01. The average molecular weight is 229 g/mol. The molecule has 14 heavy (non-hydrogen) atoms. The Labute approximate surface area is 92.9 Å². The average Bonchev–Trinajstić information content (AvgIpc) is 2.62. The van der Waals surface area contributed by atoms with Crippen molar-refractivity contribution >= 4 is 29.0 Å². The quantitative estimate of drug-likeness (QED) is 0.827. The van der Waals surface area contributed by atoms with Crippen molar-refractivity contribution in [2.75, 3.05) is 13.1 Å². The SMILES string of the molecule is Clc1ccc(CC2=NCCN2)c(Cl)c1. The van der Waals surface area contributed by atoms with Crippen LogP contribution in [0.4, 0.5) is 0 Å². The van der Waals surface area contributed by atoms with Gasteiger partial charge in [-0.05, 0) is 17.7 Å². The lowest BCUT2D eigenvalue weighted by atomic mass is 10.1. The van der Waals surface area contributed by atoms with Gasteiger partial charge in [-0.15, -0.1) is 0 Å². The first kappa shape index (κ1) is 9.81. The van der Waals surface area contributed by atoms with Gasteiger partial charge < -0.3 is 5.32 Å². The molecule has 0 aliphatic carbocycles. The van der Waals surface area contributed by atoms with E-state index in [-0.39, 0.29) is 0 Å². The number of halogens is 2. The van der Waals surface area contributed by atoms with Gasteiger partial charge >= 0.3 is 0 Å². The van der Waals surface area contributed by atoms with Crippen molar-refractivity contribution < 1.29 is 0 Å². The highest BCUT2D eigenvalue weighted by Gasteiger charge is 2.08. The predicted molar refractivity (Wildman–Crippen MR) is 60.5 cm³/mol. The highest BCUT2D eigenvalue weighted by atomic mass is 35.5. The van der Waals surface area contributed by atoms with Gasteiger partial charge in [-0.25, -0.2) is 0 Å². The van der Waals surface area contributed by atoms with Crippen LogP contribution in [0.2, 0.25) is 10.0 Å². The minimum atomic E-state index is 0.667. The molecule has 4 heteroatoms. The number of benzene rings is 1. The summed E-state index contributed by atoms with van der Waals surface area (Å²) >= 11 is 11.8. The summed E-state index contributed by atoms with van der Waals surface area (Å²) in [5.74, 6) is 1.01. The van der Waals surface area contributed by atoms with Crippen molar-refractivity contribution in [3.63, 3.8) is 0 Å². The summed E-state index contributed by atoms with van der Waals surface area (Å²) in [4.78, 5) is 4.31. The summed E-state index contributed by atoms with van der Waals surface area (Å²) in [6.07, 6.45) is 0.760. The Kier molecular flexibility index (Phi) is 2.94. The summed E-state index contributed by atoms with van der Waals surface area (Å²) in [5.41, 5.74) is 1.06. The van der Waals surface area contributed by atoms with Gasteiger partial charge in [-0.3, -0.25) is 4.99 Å². The van der Waals surface area contributed by atoms with Gasteiger partial charge in [0.1, 0.15) is 5.84 Å². The monoisotopic (exact) mass is 228 g/mol. The highest BCUT2D eigenvalue weighted by molar-refractivity contribution is 6.35. The Morgan fingerprint density at radius 1 is 1.36 bits per heavy atom. The molecule has 2 rings (SSSR count). The number of rotatable bonds is 2. The number of nitrogens with zero attached hydrogens (tertiary/aromatic N) is 1. The van der Waals surface area contributed by atoms with Crippen LogP contribution >= 0.6 is 23.2 Å². The summed E-state index contributed by atoms with van der Waals surface area (Å²) in [6.45, 7) is 1.79. The fourth-order valence-corrected chi connectivity index (χ4v) is 1.89. The van der Waals surface area contributed by atoms with Crippen LogP contribution < -0.4 is 5.32 Å². The molecular weight excluding hydrogens is 219 g/mol. The molecule has 0 radical (unpaired) electrons. The Bertz CT molecular complexity index is 374. The molecule has 1 aromatic carbocycles. The summed E-state index contributed by atoms with van der Waals surface area (Å²) in [7, 11) is 0. The molecule has 1 aliphatic rings. The van der Waals surface area contributed by atoms with E-state index in [1.54, 1.807) is 6.07 Å². The maximum atomic E-state index is 6.04. The fraction of sp³-hybridized carbons (Fsp3) is 0.300. The third kappa shape index (κ3) is 2.20. The second kappa shape index (κ2) is 4.20. The molecule has 74 valence electrons. The van der Waals surface area contributed by atoms with Crippen molar-refractivity contribution in [2.45, 2.75) is 6.42 Å². The van der Waals surface area contributed by atoms with Gasteiger partial charge in [0.05, 0.1) is 6.54 Å². The molecule has 0 saturated heterocycles. The van der Waals surface area contributed by atoms with Gasteiger partial charge in [0.25, 0.3) is 0 Å². The number of hydrogen-bond acceptors (Lipinski definition) is 2. The lowest BCUT2D eigenvalue weighted by Gasteiger charge is -2.05. The van der Waals surface area contributed by atoms with Gasteiger partial charge in [0.2, 0.25) is 0 Å². The van der Waals surface area contributed by atoms with Crippen LogP contribution in [0.3, 0.4) is 0 Å². The molecular formula is C10H10Cl2N2. The Morgan fingerprint density at radius 2 is 2.21 bits per heavy atom. The lowest BCUT2D eigenvalue weighted by Crippen LogP contribution is -2.20. The molecule has 0 spiro atoms. The number of hydrogen-bond donors (Lipinski definition) is 1. The van der Waals surface area contributed by atoms with Crippen molar-refractivity contribution in [1.82, 2.24) is 5.32 Å². The molecule has 1 heterocycles. The van der Waals surface area contributed by atoms with Crippen LogP contribution in [-0.4, -0.2) is 18.9 Å². The predicted octanol–water partition coefficient (Wildman–Crippen LogP) is 2.54. The van der Waals surface area contributed by atoms with Crippen molar-refractivity contribution in [3.05, 3.63) is 33.8 Å². The number of amidine groups is 1. The zero-order valence-electron chi connectivity index (χ0n) is 7.56. The van der Waals surface area contributed by atoms with Crippen LogP contribution in [0, 0.1) is 0 Å². The molecule has 0 bridgehead atoms. The van der Waals surface area contributed by atoms with E-state index < -0.39 is 0 Å². The lowest BCUT2D eigenvalue weighted by molar-refractivity contribution is 0.953. The standard InChI is InChI=1S/C10H10Cl2N2/c11-8-2-1-7(9(12)6-8)5-10-13-3-4-14-10/h1-2,6H,3-5H2,(H,13,14). The van der Waals surface area contributed by atoms with E-state index in [2.05, 4.69) is 10.3 Å². The van der Waals surface area contributed by atoms with Gasteiger partial charge in [0.15, 0.2) is 0 Å². The van der Waals surface area contributed by atoms with Crippen molar-refractivity contribution in [1.29, 1.82) is 0 Å². The molecule has 2 nitrogen and oxygen atoms in total. The third-order valence-corrected chi connectivity index (χ3v) is 2.70. The molecule has 1 aromatic rings. The number of nitrogens with one attached hydrogen (secondary N) is 1. The topological polar surface area (TPSA) is 24.4 Å². The largest absolute Gasteiger partial charge is 0.372 e. The Morgan fingerprint density at radius 3 is 2.86 bits per heavy atom. The van der Waals surface area contributed by atoms with E-state index in [4.69, 9.17) is 23.2 Å². The van der Waals surface area contributed by atoms with Crippen LogP contribution in [0.25, 0.3) is 0 Å². The van der Waals surface area contributed by atoms with Crippen molar-refractivity contribution in [3.8, 4) is 0 Å². The van der Waals surface area contributed by atoms with Crippen molar-refractivity contribution in [2.24, 2.45) is 4.99 Å². The summed E-state index contributed by atoms with van der Waals surface area (Å²) < 4.78 is 0. The van der Waals surface area contributed by atoms with E-state index in [0.29, 0.717) is 10.0 Å². The van der Waals surface area contributed by atoms with Gasteiger partial charge in [0, 0.05) is 23.0 Å². The molecule has 0 unspecified atom stereocenters. The summed E-state index contributed by atoms with van der Waals surface area (Å²) in [5, 5.41) is 4.57. The van der Waals surface area contributed by atoms with E-state index >= 15 is 0 Å². The fourth-order valence-electron chi connectivity index (χ4n) is 1.41. The third-order valence-electron chi connectivity index (χ3n) is 2.12. The molecule has 0 fully saturated rings. The first-order valence-corrected chi connectivity index (χ1v) is 5.22. The first-order chi connectivity index (χ1) is 6.75. The zero-order chi connectivity index (χ0) is 9.97. The second-order valence-electron chi connectivity index (χ2n) is 3.17. The van der Waals surface area contributed by atoms with Gasteiger partial charge in [-0.2, -0.15) is 0 Å². The van der Waals surface area contributed by atoms with Crippen LogP contribution in [0.1, 0.15) is 5.56 Å². The minimum absolute atomic E-state index is 0.667. The van der Waals surface area contributed by atoms with Crippen LogP contribution in [-0.2, 0) is 6.42 Å². The Hall–Kier alpha value is -0.730. The van der Waals surface area contributed by atoms with E-state index in [1.165, 1.54) is 0 Å². The molecule has 0 aromatic heterocycles. The molecule has 0 saturated carbocycles.